The first-order valence-corrected chi connectivity index (χ1v) is 8.14. The lowest BCUT2D eigenvalue weighted by molar-refractivity contribution is -0.153. The zero-order valence-corrected chi connectivity index (χ0v) is 14.6. The molecule has 0 spiro atoms. The van der Waals surface area contributed by atoms with Crippen LogP contribution in [-0.4, -0.2) is 28.7 Å². The van der Waals surface area contributed by atoms with Crippen molar-refractivity contribution in [2.75, 3.05) is 5.32 Å². The highest BCUT2D eigenvalue weighted by molar-refractivity contribution is 6.32. The summed E-state index contributed by atoms with van der Waals surface area (Å²) in [4.78, 5) is 39.6. The number of halogens is 2. The minimum Gasteiger partial charge on any atom is -0.453 e. The summed E-state index contributed by atoms with van der Waals surface area (Å²) in [5.41, 5.74) is 0.602. The first-order chi connectivity index (χ1) is 12.4. The second-order valence-electron chi connectivity index (χ2n) is 5.39. The van der Waals surface area contributed by atoms with E-state index in [2.05, 4.69) is 10.3 Å². The molecule has 1 aromatic carbocycles. The number of ketones is 1. The smallest absolute Gasteiger partial charge is 0.307 e. The molecule has 136 valence electrons. The Morgan fingerprint density at radius 3 is 2.54 bits per heavy atom. The number of nitrogens with one attached hydrogen (secondary N) is 1. The van der Waals surface area contributed by atoms with Gasteiger partial charge in [0.1, 0.15) is 5.82 Å². The summed E-state index contributed by atoms with van der Waals surface area (Å²) in [6.45, 7) is 1.40. The molecule has 0 aliphatic rings. The number of esters is 1. The van der Waals surface area contributed by atoms with Gasteiger partial charge < -0.3 is 10.1 Å². The molecule has 0 radical (unpaired) electrons. The fourth-order valence-electron chi connectivity index (χ4n) is 2.02. The van der Waals surface area contributed by atoms with Gasteiger partial charge >= 0.3 is 5.97 Å². The van der Waals surface area contributed by atoms with E-state index in [4.69, 9.17) is 16.3 Å². The Hall–Kier alpha value is -2.80. The summed E-state index contributed by atoms with van der Waals surface area (Å²) in [5, 5.41) is 2.61. The third-order valence-electron chi connectivity index (χ3n) is 3.42. The van der Waals surface area contributed by atoms with Crippen molar-refractivity contribution in [1.29, 1.82) is 0 Å². The van der Waals surface area contributed by atoms with E-state index >= 15 is 0 Å². The number of nitrogens with zero attached hydrogens (tertiary/aromatic N) is 1. The number of hydrogen-bond donors (Lipinski definition) is 1. The van der Waals surface area contributed by atoms with Crippen LogP contribution in [0.3, 0.4) is 0 Å². The zero-order valence-electron chi connectivity index (χ0n) is 13.9. The number of ether oxygens (including phenoxy) is 1. The second-order valence-corrected chi connectivity index (χ2v) is 5.75. The van der Waals surface area contributed by atoms with Crippen LogP contribution >= 0.6 is 11.6 Å². The monoisotopic (exact) mass is 378 g/mol. The molecule has 1 aromatic heterocycles. The van der Waals surface area contributed by atoms with Crippen LogP contribution in [0.5, 0.6) is 0 Å². The second kappa shape index (κ2) is 9.05. The van der Waals surface area contributed by atoms with Crippen LogP contribution in [0.1, 0.15) is 30.1 Å². The molecule has 1 N–H and O–H groups in total. The fourth-order valence-corrected chi connectivity index (χ4v) is 2.19. The highest BCUT2D eigenvalue weighted by Gasteiger charge is 2.19. The van der Waals surface area contributed by atoms with Gasteiger partial charge in [-0.05, 0) is 43.3 Å². The molecule has 6 nitrogen and oxygen atoms in total. The molecule has 1 unspecified atom stereocenters. The summed E-state index contributed by atoms with van der Waals surface area (Å²) in [6, 6.07) is 8.18. The standard InChI is InChI=1S/C18H16ClFN2O4/c1-11(18(25)22-14-3-2-10-21-17(14)19)26-16(24)9-8-15(23)12-4-6-13(20)7-5-12/h2-7,10-11H,8-9H2,1H3,(H,22,25). The first kappa shape index (κ1) is 19.5. The number of anilines is 1. The van der Waals surface area contributed by atoms with Gasteiger partial charge in [-0.3, -0.25) is 14.4 Å². The van der Waals surface area contributed by atoms with Gasteiger partial charge in [0.05, 0.1) is 12.1 Å². The number of carbonyl (C=O) groups excluding carboxylic acids is 3. The molecule has 0 saturated carbocycles. The van der Waals surface area contributed by atoms with Crippen molar-refractivity contribution < 1.29 is 23.5 Å². The minimum absolute atomic E-state index is 0.104. The van der Waals surface area contributed by atoms with Crippen molar-refractivity contribution >= 4 is 34.9 Å². The molecule has 0 bridgehead atoms. The maximum atomic E-state index is 12.8. The van der Waals surface area contributed by atoms with Gasteiger partial charge in [-0.25, -0.2) is 9.37 Å². The average Bonchev–Trinajstić information content (AvgIpc) is 2.62. The van der Waals surface area contributed by atoms with Gasteiger partial charge in [-0.2, -0.15) is 0 Å². The molecule has 2 rings (SSSR count). The van der Waals surface area contributed by atoms with Crippen molar-refractivity contribution in [3.8, 4) is 0 Å². The molecule has 2 aromatic rings. The van der Waals surface area contributed by atoms with Crippen LogP contribution in [0.25, 0.3) is 0 Å². The highest BCUT2D eigenvalue weighted by Crippen LogP contribution is 2.18. The number of benzene rings is 1. The van der Waals surface area contributed by atoms with Crippen molar-refractivity contribution in [2.24, 2.45) is 0 Å². The quantitative estimate of drug-likeness (QED) is 0.453. The summed E-state index contributed by atoms with van der Waals surface area (Å²) in [6.07, 6.45) is 0.105. The maximum absolute atomic E-state index is 12.8. The van der Waals surface area contributed by atoms with Gasteiger partial charge in [0, 0.05) is 18.2 Å². The van der Waals surface area contributed by atoms with Crippen LogP contribution in [0.4, 0.5) is 10.1 Å². The van der Waals surface area contributed by atoms with E-state index < -0.39 is 23.8 Å². The van der Waals surface area contributed by atoms with E-state index in [-0.39, 0.29) is 23.8 Å². The molecule has 1 atom stereocenters. The Bertz CT molecular complexity index is 811. The fraction of sp³-hybridized carbons (Fsp3) is 0.222. The molecule has 8 heteroatoms. The molecule has 0 saturated heterocycles. The van der Waals surface area contributed by atoms with Crippen LogP contribution in [0.15, 0.2) is 42.6 Å². The molecule has 1 heterocycles. The van der Waals surface area contributed by atoms with E-state index in [0.717, 1.165) is 0 Å². The van der Waals surface area contributed by atoms with E-state index in [1.54, 1.807) is 12.1 Å². The predicted molar refractivity (Wildman–Crippen MR) is 93.4 cm³/mol. The highest BCUT2D eigenvalue weighted by atomic mass is 35.5. The number of amides is 1. The molecule has 26 heavy (non-hydrogen) atoms. The van der Waals surface area contributed by atoms with Crippen LogP contribution in [-0.2, 0) is 14.3 Å². The van der Waals surface area contributed by atoms with Gasteiger partial charge in [0.15, 0.2) is 17.0 Å². The van der Waals surface area contributed by atoms with Crippen LogP contribution < -0.4 is 5.32 Å². The van der Waals surface area contributed by atoms with Crippen LogP contribution in [0.2, 0.25) is 5.15 Å². The van der Waals surface area contributed by atoms with E-state index in [9.17, 15) is 18.8 Å². The lowest BCUT2D eigenvalue weighted by Crippen LogP contribution is -2.30. The number of Topliss-reactive ketones (excluding diaryl/α,β-unsaturated/α-hetero) is 1. The minimum atomic E-state index is -1.07. The van der Waals surface area contributed by atoms with Gasteiger partial charge in [0.25, 0.3) is 5.91 Å². The molecule has 0 fully saturated rings. The molecule has 0 aliphatic carbocycles. The lowest BCUT2D eigenvalue weighted by Gasteiger charge is -2.13. The zero-order chi connectivity index (χ0) is 19.1. The largest absolute Gasteiger partial charge is 0.453 e. The SMILES string of the molecule is CC(OC(=O)CCC(=O)c1ccc(F)cc1)C(=O)Nc1cccnc1Cl. The van der Waals surface area contributed by atoms with Crippen LogP contribution in [0, 0.1) is 5.82 Å². The Balaban J connectivity index is 1.81. The predicted octanol–water partition coefficient (Wildman–Crippen LogP) is 3.41. The molecule has 0 aliphatic heterocycles. The molecular weight excluding hydrogens is 363 g/mol. The summed E-state index contributed by atoms with van der Waals surface area (Å²) in [7, 11) is 0. The number of hydrogen-bond acceptors (Lipinski definition) is 5. The molecule has 1 amide bonds. The van der Waals surface area contributed by atoms with Crippen molar-refractivity contribution in [2.45, 2.75) is 25.9 Å². The van der Waals surface area contributed by atoms with E-state index in [0.29, 0.717) is 11.3 Å². The number of aromatic nitrogens is 1. The Morgan fingerprint density at radius 1 is 1.19 bits per heavy atom. The number of carbonyl (C=O) groups is 3. The number of pyridine rings is 1. The Kier molecular flexibility index (Phi) is 6.80. The van der Waals surface area contributed by atoms with Crippen molar-refractivity contribution in [1.82, 2.24) is 4.98 Å². The maximum Gasteiger partial charge on any atom is 0.307 e. The lowest BCUT2D eigenvalue weighted by atomic mass is 10.1. The van der Waals surface area contributed by atoms with Crippen molar-refractivity contribution in [3.05, 3.63) is 59.1 Å². The van der Waals surface area contributed by atoms with Gasteiger partial charge in [-0.1, -0.05) is 11.6 Å². The van der Waals surface area contributed by atoms with Gasteiger partial charge in [0.2, 0.25) is 0 Å². The summed E-state index contributed by atoms with van der Waals surface area (Å²) in [5.74, 6) is -2.03. The molecular formula is C18H16ClFN2O4. The summed E-state index contributed by atoms with van der Waals surface area (Å²) >= 11 is 5.84. The van der Waals surface area contributed by atoms with E-state index in [1.807, 2.05) is 0 Å². The third-order valence-corrected chi connectivity index (χ3v) is 3.72. The summed E-state index contributed by atoms with van der Waals surface area (Å²) < 4.78 is 17.8. The van der Waals surface area contributed by atoms with Crippen molar-refractivity contribution in [3.63, 3.8) is 0 Å². The number of rotatable bonds is 7. The normalized spacial score (nSPS) is 11.5. The Labute approximate surface area is 154 Å². The van der Waals surface area contributed by atoms with E-state index in [1.165, 1.54) is 37.4 Å². The first-order valence-electron chi connectivity index (χ1n) is 7.76. The third kappa shape index (κ3) is 5.63. The topological polar surface area (TPSA) is 85.4 Å². The Morgan fingerprint density at radius 2 is 1.88 bits per heavy atom. The van der Waals surface area contributed by atoms with Gasteiger partial charge in [-0.15, -0.1) is 0 Å². The average molecular weight is 379 g/mol.